The molecule has 3 unspecified atom stereocenters. The molecule has 0 aliphatic carbocycles. The standard InChI is InChI=1S/C15H25NO2/c1-12(17)13(2)18-15(3,11-16)10-9-14-7-5-4-6-8-14/h4-8,12-13,17H,9-11,16H2,1-3H3. The molecular weight excluding hydrogens is 226 g/mol. The van der Waals surface area contributed by atoms with Gasteiger partial charge >= 0.3 is 0 Å². The highest BCUT2D eigenvalue weighted by atomic mass is 16.5. The van der Waals surface area contributed by atoms with E-state index in [1.165, 1.54) is 5.56 Å². The number of rotatable bonds is 7. The Morgan fingerprint density at radius 2 is 1.89 bits per heavy atom. The fraction of sp³-hybridized carbons (Fsp3) is 0.600. The summed E-state index contributed by atoms with van der Waals surface area (Å²) < 4.78 is 5.90. The number of ether oxygens (including phenoxy) is 1. The van der Waals surface area contributed by atoms with Crippen LogP contribution in [0.1, 0.15) is 32.8 Å². The van der Waals surface area contributed by atoms with E-state index >= 15 is 0 Å². The maximum Gasteiger partial charge on any atom is 0.0811 e. The van der Waals surface area contributed by atoms with Gasteiger partial charge in [0.25, 0.3) is 0 Å². The maximum atomic E-state index is 9.50. The molecule has 1 rings (SSSR count). The zero-order chi connectivity index (χ0) is 13.6. The van der Waals surface area contributed by atoms with Crippen molar-refractivity contribution in [3.63, 3.8) is 0 Å². The maximum absolute atomic E-state index is 9.50. The fourth-order valence-corrected chi connectivity index (χ4v) is 1.81. The van der Waals surface area contributed by atoms with Gasteiger partial charge in [0.1, 0.15) is 0 Å². The Kier molecular flexibility index (Phi) is 5.79. The van der Waals surface area contributed by atoms with Gasteiger partial charge in [0, 0.05) is 6.54 Å². The van der Waals surface area contributed by atoms with Crippen LogP contribution in [0.3, 0.4) is 0 Å². The minimum Gasteiger partial charge on any atom is -0.391 e. The zero-order valence-corrected chi connectivity index (χ0v) is 11.6. The van der Waals surface area contributed by atoms with Crippen molar-refractivity contribution in [2.24, 2.45) is 5.73 Å². The molecule has 1 aromatic carbocycles. The zero-order valence-electron chi connectivity index (χ0n) is 11.6. The highest BCUT2D eigenvalue weighted by Crippen LogP contribution is 2.20. The highest BCUT2D eigenvalue weighted by molar-refractivity contribution is 5.15. The number of hydrogen-bond acceptors (Lipinski definition) is 3. The van der Waals surface area contributed by atoms with Gasteiger partial charge < -0.3 is 15.6 Å². The van der Waals surface area contributed by atoms with Gasteiger partial charge in [-0.1, -0.05) is 30.3 Å². The van der Waals surface area contributed by atoms with Crippen LogP contribution in [0.15, 0.2) is 30.3 Å². The molecule has 0 aliphatic rings. The Hall–Kier alpha value is -0.900. The Morgan fingerprint density at radius 1 is 1.28 bits per heavy atom. The predicted molar refractivity (Wildman–Crippen MR) is 74.5 cm³/mol. The molecule has 0 aromatic heterocycles. The number of aryl methyl sites for hydroxylation is 1. The van der Waals surface area contributed by atoms with Crippen molar-refractivity contribution in [1.29, 1.82) is 0 Å². The Balaban J connectivity index is 2.54. The first-order chi connectivity index (χ1) is 8.47. The quantitative estimate of drug-likeness (QED) is 0.780. The van der Waals surface area contributed by atoms with Crippen molar-refractivity contribution >= 4 is 0 Å². The molecule has 0 amide bonds. The number of aliphatic hydroxyl groups is 1. The third-order valence-electron chi connectivity index (χ3n) is 3.37. The first-order valence-electron chi connectivity index (χ1n) is 6.57. The molecule has 3 nitrogen and oxygen atoms in total. The molecule has 0 aliphatic heterocycles. The highest BCUT2D eigenvalue weighted by Gasteiger charge is 2.27. The minimum atomic E-state index is -0.479. The molecule has 0 fully saturated rings. The first-order valence-corrected chi connectivity index (χ1v) is 6.57. The molecule has 0 bridgehead atoms. The largest absolute Gasteiger partial charge is 0.391 e. The summed E-state index contributed by atoms with van der Waals surface area (Å²) in [6, 6.07) is 10.3. The lowest BCUT2D eigenvalue weighted by Gasteiger charge is -2.33. The molecule has 0 spiro atoms. The number of aliphatic hydroxyl groups excluding tert-OH is 1. The lowest BCUT2D eigenvalue weighted by molar-refractivity contribution is -0.113. The monoisotopic (exact) mass is 251 g/mol. The van der Waals surface area contributed by atoms with E-state index < -0.39 is 6.10 Å². The van der Waals surface area contributed by atoms with Gasteiger partial charge in [-0.15, -0.1) is 0 Å². The van der Waals surface area contributed by atoms with Crippen molar-refractivity contribution in [2.75, 3.05) is 6.54 Å². The lowest BCUT2D eigenvalue weighted by Crippen LogP contribution is -2.43. The predicted octanol–water partition coefficient (Wildman–Crippen LogP) is 2.12. The lowest BCUT2D eigenvalue weighted by atomic mass is 9.96. The van der Waals surface area contributed by atoms with E-state index in [9.17, 15) is 5.11 Å². The minimum absolute atomic E-state index is 0.200. The van der Waals surface area contributed by atoms with Crippen LogP contribution in [0.2, 0.25) is 0 Å². The Labute approximate surface area is 110 Å². The van der Waals surface area contributed by atoms with Gasteiger partial charge in [-0.05, 0) is 39.2 Å². The topological polar surface area (TPSA) is 55.5 Å². The van der Waals surface area contributed by atoms with Crippen LogP contribution in [0.4, 0.5) is 0 Å². The molecular formula is C15H25NO2. The molecule has 0 radical (unpaired) electrons. The van der Waals surface area contributed by atoms with E-state index in [1.807, 2.05) is 32.0 Å². The van der Waals surface area contributed by atoms with Crippen LogP contribution in [0.25, 0.3) is 0 Å². The Bertz CT molecular complexity index is 340. The van der Waals surface area contributed by atoms with Gasteiger partial charge in [-0.25, -0.2) is 0 Å². The summed E-state index contributed by atoms with van der Waals surface area (Å²) in [5, 5.41) is 9.50. The molecule has 3 heteroatoms. The van der Waals surface area contributed by atoms with Crippen LogP contribution in [0.5, 0.6) is 0 Å². The van der Waals surface area contributed by atoms with E-state index in [-0.39, 0.29) is 11.7 Å². The van der Waals surface area contributed by atoms with E-state index in [4.69, 9.17) is 10.5 Å². The molecule has 102 valence electrons. The van der Waals surface area contributed by atoms with Crippen molar-refractivity contribution in [3.05, 3.63) is 35.9 Å². The molecule has 3 N–H and O–H groups in total. The summed E-state index contributed by atoms with van der Waals surface area (Å²) >= 11 is 0. The third kappa shape index (κ3) is 4.77. The van der Waals surface area contributed by atoms with Gasteiger partial charge in [0.05, 0.1) is 17.8 Å². The van der Waals surface area contributed by atoms with E-state index in [1.54, 1.807) is 6.92 Å². The molecule has 1 aromatic rings. The van der Waals surface area contributed by atoms with Crippen LogP contribution in [0, 0.1) is 0 Å². The molecule has 0 saturated heterocycles. The SMILES string of the molecule is CC(O)C(C)OC(C)(CN)CCc1ccccc1. The first kappa shape index (κ1) is 15.2. The van der Waals surface area contributed by atoms with Crippen molar-refractivity contribution in [3.8, 4) is 0 Å². The Morgan fingerprint density at radius 3 is 2.39 bits per heavy atom. The van der Waals surface area contributed by atoms with Gasteiger partial charge in [0.15, 0.2) is 0 Å². The van der Waals surface area contributed by atoms with Crippen molar-refractivity contribution < 1.29 is 9.84 Å². The number of nitrogens with two attached hydrogens (primary N) is 1. The van der Waals surface area contributed by atoms with Gasteiger partial charge in [-0.3, -0.25) is 0 Å². The third-order valence-corrected chi connectivity index (χ3v) is 3.37. The van der Waals surface area contributed by atoms with Crippen LogP contribution in [-0.2, 0) is 11.2 Å². The summed E-state index contributed by atoms with van der Waals surface area (Å²) in [5.74, 6) is 0. The van der Waals surface area contributed by atoms with Crippen molar-refractivity contribution in [1.82, 2.24) is 0 Å². The number of hydrogen-bond donors (Lipinski definition) is 2. The normalized spacial score (nSPS) is 18.1. The van der Waals surface area contributed by atoms with Crippen LogP contribution >= 0.6 is 0 Å². The second-order valence-corrected chi connectivity index (χ2v) is 5.20. The van der Waals surface area contributed by atoms with Crippen LogP contribution in [-0.4, -0.2) is 29.5 Å². The molecule has 0 heterocycles. The summed E-state index contributed by atoms with van der Waals surface area (Å²) in [6.07, 6.45) is 1.10. The molecule has 0 saturated carbocycles. The average molecular weight is 251 g/mol. The summed E-state index contributed by atoms with van der Waals surface area (Å²) in [5.41, 5.74) is 6.71. The smallest absolute Gasteiger partial charge is 0.0811 e. The van der Waals surface area contributed by atoms with E-state index in [0.29, 0.717) is 6.54 Å². The average Bonchev–Trinajstić information content (AvgIpc) is 2.37. The second-order valence-electron chi connectivity index (χ2n) is 5.20. The molecule has 3 atom stereocenters. The van der Waals surface area contributed by atoms with E-state index in [0.717, 1.165) is 12.8 Å². The van der Waals surface area contributed by atoms with Crippen molar-refractivity contribution in [2.45, 2.75) is 51.4 Å². The summed E-state index contributed by atoms with van der Waals surface area (Å²) in [6.45, 7) is 6.08. The fourth-order valence-electron chi connectivity index (χ4n) is 1.81. The number of benzene rings is 1. The van der Waals surface area contributed by atoms with E-state index in [2.05, 4.69) is 12.1 Å². The van der Waals surface area contributed by atoms with Gasteiger partial charge in [0.2, 0.25) is 0 Å². The summed E-state index contributed by atoms with van der Waals surface area (Å²) in [4.78, 5) is 0. The summed E-state index contributed by atoms with van der Waals surface area (Å²) in [7, 11) is 0. The molecule has 18 heavy (non-hydrogen) atoms. The van der Waals surface area contributed by atoms with Crippen LogP contribution < -0.4 is 5.73 Å². The van der Waals surface area contributed by atoms with Gasteiger partial charge in [-0.2, -0.15) is 0 Å². The second kappa shape index (κ2) is 6.88.